The van der Waals surface area contributed by atoms with Gasteiger partial charge in [-0.2, -0.15) is 0 Å². The first kappa shape index (κ1) is 58.6. The highest BCUT2D eigenvalue weighted by atomic mass is 16.6. The lowest BCUT2D eigenvalue weighted by molar-refractivity contribution is -0.167. The molecule has 61 heavy (non-hydrogen) atoms. The summed E-state index contributed by atoms with van der Waals surface area (Å²) in [5, 5.41) is 0. The van der Waals surface area contributed by atoms with Gasteiger partial charge in [0, 0.05) is 19.3 Å². The van der Waals surface area contributed by atoms with Crippen molar-refractivity contribution in [1.82, 2.24) is 0 Å². The largest absolute Gasteiger partial charge is 0.462 e. The monoisotopic (exact) mass is 857 g/mol. The summed E-state index contributed by atoms with van der Waals surface area (Å²) in [6.07, 6.45) is 58.4. The van der Waals surface area contributed by atoms with Gasteiger partial charge in [0.05, 0.1) is 0 Å². The predicted molar refractivity (Wildman–Crippen MR) is 261 cm³/mol. The van der Waals surface area contributed by atoms with Gasteiger partial charge in [-0.1, -0.05) is 237 Å². The highest BCUT2D eigenvalue weighted by molar-refractivity contribution is 5.71. The van der Waals surface area contributed by atoms with Crippen molar-refractivity contribution >= 4 is 17.9 Å². The van der Waals surface area contributed by atoms with Gasteiger partial charge in [-0.05, 0) is 57.8 Å². The van der Waals surface area contributed by atoms with Crippen LogP contribution in [0.2, 0.25) is 0 Å². The lowest BCUT2D eigenvalue weighted by Gasteiger charge is -2.18. The molecule has 0 aliphatic carbocycles. The number of allylic oxidation sites excluding steroid dienone is 6. The molecular formula is C55H100O6. The van der Waals surface area contributed by atoms with E-state index in [2.05, 4.69) is 57.2 Å². The van der Waals surface area contributed by atoms with Crippen molar-refractivity contribution in [2.24, 2.45) is 0 Å². The van der Waals surface area contributed by atoms with E-state index in [9.17, 15) is 14.4 Å². The summed E-state index contributed by atoms with van der Waals surface area (Å²) < 4.78 is 16.8. The molecule has 0 aliphatic rings. The van der Waals surface area contributed by atoms with Gasteiger partial charge >= 0.3 is 17.9 Å². The minimum atomic E-state index is -0.775. The summed E-state index contributed by atoms with van der Waals surface area (Å²) >= 11 is 0. The fourth-order valence-corrected chi connectivity index (χ4v) is 7.63. The second kappa shape index (κ2) is 50.3. The summed E-state index contributed by atoms with van der Waals surface area (Å²) in [6, 6.07) is 0. The number of ether oxygens (including phenoxy) is 3. The number of unbranched alkanes of at least 4 members (excludes halogenated alkanes) is 31. The average Bonchev–Trinajstić information content (AvgIpc) is 3.26. The molecular weight excluding hydrogens is 757 g/mol. The fourth-order valence-electron chi connectivity index (χ4n) is 7.63. The topological polar surface area (TPSA) is 78.9 Å². The van der Waals surface area contributed by atoms with Gasteiger partial charge in [-0.15, -0.1) is 0 Å². The van der Waals surface area contributed by atoms with E-state index in [0.717, 1.165) is 83.5 Å². The lowest BCUT2D eigenvalue weighted by Crippen LogP contribution is -2.30. The average molecular weight is 857 g/mol. The van der Waals surface area contributed by atoms with Gasteiger partial charge in [-0.25, -0.2) is 0 Å². The third kappa shape index (κ3) is 48.5. The van der Waals surface area contributed by atoms with E-state index in [-0.39, 0.29) is 31.1 Å². The highest BCUT2D eigenvalue weighted by Crippen LogP contribution is 2.16. The third-order valence-electron chi connectivity index (χ3n) is 11.6. The summed E-state index contributed by atoms with van der Waals surface area (Å²) in [6.45, 7) is 6.61. The van der Waals surface area contributed by atoms with Crippen LogP contribution in [0.5, 0.6) is 0 Å². The summed E-state index contributed by atoms with van der Waals surface area (Å²) in [5.41, 5.74) is 0. The van der Waals surface area contributed by atoms with Crippen LogP contribution >= 0.6 is 0 Å². The maximum absolute atomic E-state index is 12.8. The molecule has 356 valence electrons. The number of esters is 3. The van der Waals surface area contributed by atoms with Crippen molar-refractivity contribution in [1.29, 1.82) is 0 Å². The van der Waals surface area contributed by atoms with E-state index in [4.69, 9.17) is 14.2 Å². The number of hydrogen-bond acceptors (Lipinski definition) is 6. The van der Waals surface area contributed by atoms with Crippen LogP contribution in [0.1, 0.15) is 278 Å². The van der Waals surface area contributed by atoms with Gasteiger partial charge in [0.15, 0.2) is 6.10 Å². The molecule has 1 atom stereocenters. The second-order valence-corrected chi connectivity index (χ2v) is 17.8. The van der Waals surface area contributed by atoms with Crippen LogP contribution in [-0.4, -0.2) is 37.2 Å². The predicted octanol–water partition coefficient (Wildman–Crippen LogP) is 17.3. The van der Waals surface area contributed by atoms with Crippen LogP contribution < -0.4 is 0 Å². The molecule has 0 heterocycles. The normalized spacial score (nSPS) is 12.2. The Balaban J connectivity index is 4.37. The maximum Gasteiger partial charge on any atom is 0.306 e. The Bertz CT molecular complexity index is 1030. The molecule has 0 saturated heterocycles. The molecule has 0 aromatic carbocycles. The van der Waals surface area contributed by atoms with Gasteiger partial charge in [0.1, 0.15) is 13.2 Å². The molecule has 0 N–H and O–H groups in total. The summed E-state index contributed by atoms with van der Waals surface area (Å²) in [5.74, 6) is -0.885. The van der Waals surface area contributed by atoms with Gasteiger partial charge in [-0.3, -0.25) is 14.4 Å². The van der Waals surface area contributed by atoms with E-state index in [1.165, 1.54) is 154 Å². The molecule has 0 fully saturated rings. The molecule has 0 saturated carbocycles. The number of carbonyl (C=O) groups is 3. The van der Waals surface area contributed by atoms with Crippen LogP contribution in [0.3, 0.4) is 0 Å². The zero-order valence-electron chi connectivity index (χ0n) is 40.7. The summed E-state index contributed by atoms with van der Waals surface area (Å²) in [7, 11) is 0. The van der Waals surface area contributed by atoms with Gasteiger partial charge in [0.25, 0.3) is 0 Å². The third-order valence-corrected chi connectivity index (χ3v) is 11.6. The standard InChI is InChI=1S/C55H100O6/c1-4-7-10-13-16-19-22-24-26-27-29-30-33-36-39-42-45-48-54(57)60-51-52(50-59-53(56)47-44-41-38-35-32-21-18-15-12-9-6-3)61-55(58)49-46-43-40-37-34-31-28-25-23-20-17-14-11-8-5-2/h16,19,24,26,29-30,52H,4-15,17-18,20-23,25,27-28,31-51H2,1-3H3/b19-16-,26-24-,30-29-/t52-/m0/s1. The van der Waals surface area contributed by atoms with E-state index in [1.807, 2.05) is 0 Å². The molecule has 0 rings (SSSR count). The highest BCUT2D eigenvalue weighted by Gasteiger charge is 2.19. The Morgan fingerprint density at radius 1 is 0.328 bits per heavy atom. The molecule has 0 unspecified atom stereocenters. The molecule has 0 bridgehead atoms. The quantitative estimate of drug-likeness (QED) is 0.0262. The SMILES string of the molecule is CCCCC/C=C\C/C=C\C/C=C\CCCCCCC(=O)OC[C@H](COC(=O)CCCCCCCCCCCCC)OC(=O)CCCCCCCCCCCCCCCCC. The smallest absolute Gasteiger partial charge is 0.306 e. The number of hydrogen-bond donors (Lipinski definition) is 0. The van der Waals surface area contributed by atoms with Gasteiger partial charge < -0.3 is 14.2 Å². The van der Waals surface area contributed by atoms with Gasteiger partial charge in [0.2, 0.25) is 0 Å². The first-order valence-electron chi connectivity index (χ1n) is 26.5. The molecule has 0 spiro atoms. The van der Waals surface area contributed by atoms with E-state index in [0.29, 0.717) is 19.3 Å². The minimum Gasteiger partial charge on any atom is -0.462 e. The molecule has 6 heteroatoms. The number of rotatable bonds is 48. The zero-order chi connectivity index (χ0) is 44.4. The Labute approximate surface area is 378 Å². The maximum atomic E-state index is 12.8. The molecule has 0 amide bonds. The fraction of sp³-hybridized carbons (Fsp3) is 0.836. The van der Waals surface area contributed by atoms with Crippen LogP contribution in [0, 0.1) is 0 Å². The minimum absolute atomic E-state index is 0.0752. The van der Waals surface area contributed by atoms with E-state index >= 15 is 0 Å². The molecule has 6 nitrogen and oxygen atoms in total. The Morgan fingerprint density at radius 3 is 0.951 bits per heavy atom. The first-order valence-corrected chi connectivity index (χ1v) is 26.5. The van der Waals surface area contributed by atoms with Crippen molar-refractivity contribution in [2.75, 3.05) is 13.2 Å². The first-order chi connectivity index (χ1) is 30.0. The van der Waals surface area contributed by atoms with Crippen molar-refractivity contribution in [3.63, 3.8) is 0 Å². The Hall–Kier alpha value is -2.37. The molecule has 0 aliphatic heterocycles. The van der Waals surface area contributed by atoms with Crippen molar-refractivity contribution in [3.8, 4) is 0 Å². The molecule has 0 aromatic heterocycles. The lowest BCUT2D eigenvalue weighted by atomic mass is 10.0. The summed E-state index contributed by atoms with van der Waals surface area (Å²) in [4.78, 5) is 38.0. The zero-order valence-corrected chi connectivity index (χ0v) is 40.7. The van der Waals surface area contributed by atoms with E-state index in [1.54, 1.807) is 0 Å². The van der Waals surface area contributed by atoms with Crippen molar-refractivity contribution < 1.29 is 28.6 Å². The van der Waals surface area contributed by atoms with Crippen LogP contribution in [-0.2, 0) is 28.6 Å². The second-order valence-electron chi connectivity index (χ2n) is 17.8. The van der Waals surface area contributed by atoms with Crippen LogP contribution in [0.4, 0.5) is 0 Å². The van der Waals surface area contributed by atoms with E-state index < -0.39 is 6.10 Å². The molecule has 0 radical (unpaired) electrons. The molecule has 0 aromatic rings. The Morgan fingerprint density at radius 2 is 0.590 bits per heavy atom. The number of carbonyl (C=O) groups excluding carboxylic acids is 3. The van der Waals surface area contributed by atoms with Crippen molar-refractivity contribution in [2.45, 2.75) is 284 Å². The van der Waals surface area contributed by atoms with Crippen LogP contribution in [0.25, 0.3) is 0 Å². The van der Waals surface area contributed by atoms with Crippen LogP contribution in [0.15, 0.2) is 36.5 Å². The Kier molecular flexibility index (Phi) is 48.3. The van der Waals surface area contributed by atoms with Crippen molar-refractivity contribution in [3.05, 3.63) is 36.5 Å².